The third kappa shape index (κ3) is 3.78. The second-order valence-corrected chi connectivity index (χ2v) is 6.07. The molecule has 0 saturated heterocycles. The van der Waals surface area contributed by atoms with Gasteiger partial charge in [-0.3, -0.25) is 4.79 Å². The van der Waals surface area contributed by atoms with Crippen LogP contribution in [0, 0.1) is 5.82 Å². The summed E-state index contributed by atoms with van der Waals surface area (Å²) in [6.07, 6.45) is 1.68. The summed E-state index contributed by atoms with van der Waals surface area (Å²) in [6, 6.07) is 11.7. The molecule has 23 heavy (non-hydrogen) atoms. The summed E-state index contributed by atoms with van der Waals surface area (Å²) in [5.41, 5.74) is 0.450. The fourth-order valence-corrected chi connectivity index (χ4v) is 2.98. The van der Waals surface area contributed by atoms with Crippen LogP contribution in [0.15, 0.2) is 53.7 Å². The molecule has 116 valence electrons. The summed E-state index contributed by atoms with van der Waals surface area (Å²) in [5.74, 6) is -0.588. The van der Waals surface area contributed by atoms with Crippen LogP contribution in [0.25, 0.3) is 10.8 Å². The SMILES string of the molecule is O=C(CSc1nncc2ccccc12)Nc1ccc(F)c(Cl)c1. The number of fused-ring (bicyclic) bond motifs is 1. The fraction of sp³-hybridized carbons (Fsp3) is 0.0625. The van der Waals surface area contributed by atoms with Crippen LogP contribution in [0.5, 0.6) is 0 Å². The van der Waals surface area contributed by atoms with Gasteiger partial charge in [-0.25, -0.2) is 4.39 Å². The van der Waals surface area contributed by atoms with Crippen molar-refractivity contribution in [3.8, 4) is 0 Å². The Hall–Kier alpha value is -2.18. The maximum atomic E-state index is 13.1. The molecule has 0 aliphatic carbocycles. The van der Waals surface area contributed by atoms with Crippen LogP contribution in [0.4, 0.5) is 10.1 Å². The van der Waals surface area contributed by atoms with Crippen molar-refractivity contribution in [2.75, 3.05) is 11.1 Å². The van der Waals surface area contributed by atoms with Gasteiger partial charge in [0, 0.05) is 16.5 Å². The minimum absolute atomic E-state index is 0.0321. The Bertz CT molecular complexity index is 870. The summed E-state index contributed by atoms with van der Waals surface area (Å²) < 4.78 is 13.1. The zero-order chi connectivity index (χ0) is 16.2. The first kappa shape index (κ1) is 15.7. The summed E-state index contributed by atoms with van der Waals surface area (Å²) in [5, 5.41) is 13.3. The van der Waals surface area contributed by atoms with Crippen molar-refractivity contribution in [3.05, 3.63) is 59.5 Å². The Morgan fingerprint density at radius 3 is 2.91 bits per heavy atom. The monoisotopic (exact) mass is 347 g/mol. The Morgan fingerprint density at radius 2 is 2.09 bits per heavy atom. The third-order valence-electron chi connectivity index (χ3n) is 3.08. The first-order valence-corrected chi connectivity index (χ1v) is 8.08. The Balaban J connectivity index is 1.67. The normalized spacial score (nSPS) is 10.7. The Morgan fingerprint density at radius 1 is 1.26 bits per heavy atom. The molecule has 0 aliphatic rings. The number of carbonyl (C=O) groups excluding carboxylic acids is 1. The smallest absolute Gasteiger partial charge is 0.234 e. The van der Waals surface area contributed by atoms with E-state index in [2.05, 4.69) is 15.5 Å². The van der Waals surface area contributed by atoms with Gasteiger partial charge >= 0.3 is 0 Å². The van der Waals surface area contributed by atoms with Gasteiger partial charge in [0.1, 0.15) is 10.8 Å². The first-order valence-electron chi connectivity index (χ1n) is 6.71. The molecule has 0 fully saturated rings. The van der Waals surface area contributed by atoms with Crippen molar-refractivity contribution < 1.29 is 9.18 Å². The van der Waals surface area contributed by atoms with E-state index in [4.69, 9.17) is 11.6 Å². The maximum Gasteiger partial charge on any atom is 0.234 e. The highest BCUT2D eigenvalue weighted by molar-refractivity contribution is 8.00. The van der Waals surface area contributed by atoms with E-state index < -0.39 is 5.82 Å². The van der Waals surface area contributed by atoms with E-state index in [-0.39, 0.29) is 16.7 Å². The fourth-order valence-electron chi connectivity index (χ4n) is 2.01. The molecule has 4 nitrogen and oxygen atoms in total. The largest absolute Gasteiger partial charge is 0.325 e. The predicted octanol–water partition coefficient (Wildman–Crippen LogP) is 4.15. The number of hydrogen-bond acceptors (Lipinski definition) is 4. The number of aromatic nitrogens is 2. The maximum absolute atomic E-state index is 13.1. The molecule has 3 rings (SSSR count). The van der Waals surface area contributed by atoms with Gasteiger partial charge in [0.15, 0.2) is 0 Å². The standard InChI is InChI=1S/C16H11ClFN3OS/c17-13-7-11(5-6-14(13)18)20-15(22)9-23-16-12-4-2-1-3-10(12)8-19-21-16/h1-8H,9H2,(H,20,22). The number of thioether (sulfide) groups is 1. The molecule has 7 heteroatoms. The van der Waals surface area contributed by atoms with Gasteiger partial charge in [-0.15, -0.1) is 5.10 Å². The molecule has 2 aromatic carbocycles. The van der Waals surface area contributed by atoms with Crippen LogP contribution >= 0.6 is 23.4 Å². The van der Waals surface area contributed by atoms with Crippen molar-refractivity contribution in [2.45, 2.75) is 5.03 Å². The highest BCUT2D eigenvalue weighted by Crippen LogP contribution is 2.25. The lowest BCUT2D eigenvalue weighted by Gasteiger charge is -2.06. The molecular formula is C16H11ClFN3OS. The van der Waals surface area contributed by atoms with Gasteiger partial charge in [-0.2, -0.15) is 5.10 Å². The van der Waals surface area contributed by atoms with Gasteiger partial charge in [0.05, 0.1) is 17.0 Å². The minimum Gasteiger partial charge on any atom is -0.325 e. The van der Waals surface area contributed by atoms with E-state index in [1.807, 2.05) is 24.3 Å². The van der Waals surface area contributed by atoms with Crippen molar-refractivity contribution in [3.63, 3.8) is 0 Å². The summed E-state index contributed by atoms with van der Waals surface area (Å²) in [6.45, 7) is 0. The number of halogens is 2. The van der Waals surface area contributed by atoms with Crippen LogP contribution in [-0.2, 0) is 4.79 Å². The minimum atomic E-state index is -0.523. The van der Waals surface area contributed by atoms with Crippen molar-refractivity contribution in [1.29, 1.82) is 0 Å². The lowest BCUT2D eigenvalue weighted by atomic mass is 10.2. The highest BCUT2D eigenvalue weighted by Gasteiger charge is 2.09. The summed E-state index contributed by atoms with van der Waals surface area (Å²) in [7, 11) is 0. The van der Waals surface area contributed by atoms with E-state index in [0.717, 1.165) is 10.8 Å². The molecule has 1 amide bonds. The summed E-state index contributed by atoms with van der Waals surface area (Å²) in [4.78, 5) is 12.0. The Labute approximate surface area is 141 Å². The average Bonchev–Trinajstić information content (AvgIpc) is 2.56. The summed E-state index contributed by atoms with van der Waals surface area (Å²) >= 11 is 6.98. The van der Waals surface area contributed by atoms with E-state index in [9.17, 15) is 9.18 Å². The number of hydrogen-bond donors (Lipinski definition) is 1. The second-order valence-electron chi connectivity index (χ2n) is 4.70. The molecular weight excluding hydrogens is 337 g/mol. The number of rotatable bonds is 4. The van der Waals surface area contributed by atoms with Crippen LogP contribution in [0.1, 0.15) is 0 Å². The van der Waals surface area contributed by atoms with Crippen LogP contribution in [0.3, 0.4) is 0 Å². The Kier molecular flexibility index (Phi) is 4.73. The molecule has 1 aromatic heterocycles. The molecule has 0 spiro atoms. The van der Waals surface area contributed by atoms with Gasteiger partial charge in [-0.05, 0) is 18.2 Å². The highest BCUT2D eigenvalue weighted by atomic mass is 35.5. The number of carbonyl (C=O) groups is 1. The van der Waals surface area contributed by atoms with Gasteiger partial charge < -0.3 is 5.32 Å². The zero-order valence-corrected chi connectivity index (χ0v) is 13.4. The number of anilines is 1. The lowest BCUT2D eigenvalue weighted by molar-refractivity contribution is -0.113. The average molecular weight is 348 g/mol. The van der Waals surface area contributed by atoms with Gasteiger partial charge in [0.2, 0.25) is 5.91 Å². The molecule has 0 saturated carbocycles. The van der Waals surface area contributed by atoms with E-state index >= 15 is 0 Å². The third-order valence-corrected chi connectivity index (χ3v) is 4.35. The molecule has 1 heterocycles. The van der Waals surface area contributed by atoms with E-state index in [1.54, 1.807) is 6.20 Å². The van der Waals surface area contributed by atoms with Crippen LogP contribution < -0.4 is 5.32 Å². The molecule has 0 aliphatic heterocycles. The van der Waals surface area contributed by atoms with Gasteiger partial charge in [0.25, 0.3) is 0 Å². The van der Waals surface area contributed by atoms with Crippen molar-refractivity contribution >= 4 is 45.7 Å². The van der Waals surface area contributed by atoms with Crippen LogP contribution in [-0.4, -0.2) is 21.9 Å². The molecule has 0 unspecified atom stereocenters. The number of amides is 1. The molecule has 0 radical (unpaired) electrons. The number of nitrogens with one attached hydrogen (secondary N) is 1. The first-order chi connectivity index (χ1) is 11.1. The van der Waals surface area contributed by atoms with Crippen molar-refractivity contribution in [2.24, 2.45) is 0 Å². The predicted molar refractivity (Wildman–Crippen MR) is 90.3 cm³/mol. The molecule has 3 aromatic rings. The lowest BCUT2D eigenvalue weighted by Crippen LogP contribution is -2.14. The van der Waals surface area contributed by atoms with Crippen molar-refractivity contribution in [1.82, 2.24) is 10.2 Å². The van der Waals surface area contributed by atoms with E-state index in [0.29, 0.717) is 10.7 Å². The number of nitrogens with zero attached hydrogens (tertiary/aromatic N) is 2. The zero-order valence-electron chi connectivity index (χ0n) is 11.8. The molecule has 1 N–H and O–H groups in total. The molecule has 0 atom stereocenters. The van der Waals surface area contributed by atoms with E-state index in [1.165, 1.54) is 30.0 Å². The topological polar surface area (TPSA) is 54.9 Å². The second kappa shape index (κ2) is 6.93. The molecule has 0 bridgehead atoms. The number of benzene rings is 2. The van der Waals surface area contributed by atoms with Gasteiger partial charge in [-0.1, -0.05) is 47.6 Å². The van der Waals surface area contributed by atoms with Crippen LogP contribution in [0.2, 0.25) is 5.02 Å². The quantitative estimate of drug-likeness (QED) is 0.720.